The van der Waals surface area contributed by atoms with Gasteiger partial charge in [0.15, 0.2) is 0 Å². The molecule has 2 heterocycles. The van der Waals surface area contributed by atoms with Crippen molar-refractivity contribution in [3.63, 3.8) is 0 Å². The van der Waals surface area contributed by atoms with Gasteiger partial charge in [0.1, 0.15) is 5.82 Å². The average molecular weight is 249 g/mol. The molecule has 1 amide bonds. The van der Waals surface area contributed by atoms with Crippen LogP contribution in [0.4, 0.5) is 5.82 Å². The fourth-order valence-corrected chi connectivity index (χ4v) is 2.47. The lowest BCUT2D eigenvalue weighted by atomic mass is 9.75. The van der Waals surface area contributed by atoms with Crippen LogP contribution in [-0.2, 0) is 4.79 Å². The van der Waals surface area contributed by atoms with E-state index >= 15 is 0 Å². The van der Waals surface area contributed by atoms with Gasteiger partial charge in [-0.2, -0.15) is 5.10 Å². The van der Waals surface area contributed by atoms with Gasteiger partial charge in [-0.05, 0) is 19.3 Å². The number of nitrogens with one attached hydrogen (secondary N) is 2. The van der Waals surface area contributed by atoms with Gasteiger partial charge < -0.3 is 16.4 Å². The SMILES string of the molecule is NC1(CC(=O)Nc2ccnn2C2CNC2)CCC1. The van der Waals surface area contributed by atoms with Crippen LogP contribution in [0.2, 0.25) is 0 Å². The number of rotatable bonds is 4. The van der Waals surface area contributed by atoms with Crippen LogP contribution in [0.25, 0.3) is 0 Å². The Kier molecular flexibility index (Phi) is 2.83. The first-order valence-corrected chi connectivity index (χ1v) is 6.49. The fourth-order valence-electron chi connectivity index (χ4n) is 2.47. The van der Waals surface area contributed by atoms with E-state index < -0.39 is 0 Å². The number of carbonyl (C=O) groups excluding carboxylic acids is 1. The van der Waals surface area contributed by atoms with Gasteiger partial charge in [0.05, 0.1) is 12.2 Å². The van der Waals surface area contributed by atoms with E-state index in [4.69, 9.17) is 5.73 Å². The van der Waals surface area contributed by atoms with Crippen LogP contribution in [0.1, 0.15) is 31.7 Å². The number of anilines is 1. The molecule has 4 N–H and O–H groups in total. The number of nitrogens with zero attached hydrogens (tertiary/aromatic N) is 2. The van der Waals surface area contributed by atoms with Crippen molar-refractivity contribution in [3.8, 4) is 0 Å². The summed E-state index contributed by atoms with van der Waals surface area (Å²) in [5.74, 6) is 0.764. The number of amides is 1. The molecule has 0 aromatic carbocycles. The molecule has 0 spiro atoms. The van der Waals surface area contributed by atoms with E-state index in [1.807, 2.05) is 10.7 Å². The molecule has 1 aliphatic heterocycles. The molecular formula is C12H19N5O. The van der Waals surface area contributed by atoms with Crippen molar-refractivity contribution in [2.75, 3.05) is 18.4 Å². The molecule has 0 atom stereocenters. The van der Waals surface area contributed by atoms with Crippen LogP contribution in [0.3, 0.4) is 0 Å². The standard InChI is InChI=1S/C12H19N5O/c13-12(3-1-4-12)6-11(18)16-10-2-5-15-17(10)9-7-14-8-9/h2,5,9,14H,1,3-4,6-8,13H2,(H,16,18). The first-order valence-electron chi connectivity index (χ1n) is 6.49. The van der Waals surface area contributed by atoms with E-state index in [1.165, 1.54) is 0 Å². The summed E-state index contributed by atoms with van der Waals surface area (Å²) < 4.78 is 1.87. The lowest BCUT2D eigenvalue weighted by molar-refractivity contribution is -0.118. The van der Waals surface area contributed by atoms with Crippen molar-refractivity contribution in [3.05, 3.63) is 12.3 Å². The molecule has 0 radical (unpaired) electrons. The van der Waals surface area contributed by atoms with Crippen molar-refractivity contribution in [1.29, 1.82) is 0 Å². The third-order valence-corrected chi connectivity index (χ3v) is 3.91. The highest BCUT2D eigenvalue weighted by Crippen LogP contribution is 2.32. The molecule has 2 fully saturated rings. The zero-order valence-corrected chi connectivity index (χ0v) is 10.4. The Hall–Kier alpha value is -1.40. The van der Waals surface area contributed by atoms with Crippen LogP contribution in [0, 0.1) is 0 Å². The Bertz CT molecular complexity index is 447. The van der Waals surface area contributed by atoms with E-state index in [2.05, 4.69) is 15.7 Å². The zero-order chi connectivity index (χ0) is 12.6. The first-order chi connectivity index (χ1) is 8.66. The number of hydrogen-bond acceptors (Lipinski definition) is 4. The predicted molar refractivity (Wildman–Crippen MR) is 68.1 cm³/mol. The molecular weight excluding hydrogens is 230 g/mol. The van der Waals surface area contributed by atoms with E-state index in [0.717, 1.165) is 38.2 Å². The molecule has 6 heteroatoms. The summed E-state index contributed by atoms with van der Waals surface area (Å²) in [6.07, 6.45) is 5.16. The molecule has 1 aliphatic carbocycles. The highest BCUT2D eigenvalue weighted by molar-refractivity contribution is 5.90. The second kappa shape index (κ2) is 4.37. The molecule has 1 saturated heterocycles. The topological polar surface area (TPSA) is 85.0 Å². The second-order valence-electron chi connectivity index (χ2n) is 5.41. The van der Waals surface area contributed by atoms with Gasteiger partial charge >= 0.3 is 0 Å². The monoisotopic (exact) mass is 249 g/mol. The quantitative estimate of drug-likeness (QED) is 0.713. The van der Waals surface area contributed by atoms with Crippen molar-refractivity contribution < 1.29 is 4.79 Å². The molecule has 0 unspecified atom stereocenters. The van der Waals surface area contributed by atoms with Gasteiger partial charge in [-0.1, -0.05) is 0 Å². The Morgan fingerprint density at radius 2 is 2.39 bits per heavy atom. The molecule has 18 heavy (non-hydrogen) atoms. The lowest BCUT2D eigenvalue weighted by Gasteiger charge is -2.37. The van der Waals surface area contributed by atoms with Gasteiger partial charge in [0.25, 0.3) is 0 Å². The van der Waals surface area contributed by atoms with E-state index in [-0.39, 0.29) is 11.4 Å². The van der Waals surface area contributed by atoms with Gasteiger partial charge in [0, 0.05) is 31.1 Å². The smallest absolute Gasteiger partial charge is 0.227 e. The van der Waals surface area contributed by atoms with Crippen LogP contribution >= 0.6 is 0 Å². The zero-order valence-electron chi connectivity index (χ0n) is 10.4. The highest BCUT2D eigenvalue weighted by atomic mass is 16.1. The maximum atomic E-state index is 12.0. The van der Waals surface area contributed by atoms with Gasteiger partial charge in [-0.3, -0.25) is 4.79 Å². The molecule has 1 saturated carbocycles. The minimum absolute atomic E-state index is 0.00812. The summed E-state index contributed by atoms with van der Waals surface area (Å²) in [5, 5.41) is 10.4. The predicted octanol–water partition coefficient (Wildman–Crippen LogP) is 0.237. The highest BCUT2D eigenvalue weighted by Gasteiger charge is 2.35. The third-order valence-electron chi connectivity index (χ3n) is 3.91. The number of carbonyl (C=O) groups is 1. The largest absolute Gasteiger partial charge is 0.325 e. The van der Waals surface area contributed by atoms with Crippen LogP contribution in [0.5, 0.6) is 0 Å². The summed E-state index contributed by atoms with van der Waals surface area (Å²) in [7, 11) is 0. The summed E-state index contributed by atoms with van der Waals surface area (Å²) in [6.45, 7) is 1.82. The number of nitrogens with two attached hydrogens (primary N) is 1. The minimum Gasteiger partial charge on any atom is -0.325 e. The Morgan fingerprint density at radius 1 is 1.61 bits per heavy atom. The van der Waals surface area contributed by atoms with E-state index in [9.17, 15) is 4.79 Å². The van der Waals surface area contributed by atoms with Gasteiger partial charge in [-0.25, -0.2) is 4.68 Å². The average Bonchev–Trinajstić information content (AvgIpc) is 2.61. The second-order valence-corrected chi connectivity index (χ2v) is 5.41. The van der Waals surface area contributed by atoms with Crippen molar-refractivity contribution in [1.82, 2.24) is 15.1 Å². The maximum absolute atomic E-state index is 12.0. The molecule has 2 aliphatic rings. The molecule has 1 aromatic heterocycles. The first kappa shape index (κ1) is 11.7. The Balaban J connectivity index is 1.61. The van der Waals surface area contributed by atoms with Crippen molar-refractivity contribution in [2.24, 2.45) is 5.73 Å². The van der Waals surface area contributed by atoms with Crippen molar-refractivity contribution in [2.45, 2.75) is 37.3 Å². The molecule has 6 nitrogen and oxygen atoms in total. The molecule has 98 valence electrons. The number of aromatic nitrogens is 2. The molecule has 3 rings (SSSR count). The van der Waals surface area contributed by atoms with Crippen LogP contribution in [-0.4, -0.2) is 34.3 Å². The van der Waals surface area contributed by atoms with Gasteiger partial charge in [-0.15, -0.1) is 0 Å². The molecule has 1 aromatic rings. The summed E-state index contributed by atoms with van der Waals surface area (Å²) in [5.41, 5.74) is 5.80. The molecule has 0 bridgehead atoms. The Morgan fingerprint density at radius 3 is 2.94 bits per heavy atom. The van der Waals surface area contributed by atoms with E-state index in [1.54, 1.807) is 6.20 Å². The number of hydrogen-bond donors (Lipinski definition) is 3. The summed E-state index contributed by atoms with van der Waals surface area (Å²) in [4.78, 5) is 12.0. The van der Waals surface area contributed by atoms with Crippen LogP contribution in [0.15, 0.2) is 12.3 Å². The maximum Gasteiger partial charge on any atom is 0.227 e. The van der Waals surface area contributed by atoms with Crippen molar-refractivity contribution >= 4 is 11.7 Å². The fraction of sp³-hybridized carbons (Fsp3) is 0.667. The third kappa shape index (κ3) is 2.13. The summed E-state index contributed by atoms with van der Waals surface area (Å²) >= 11 is 0. The minimum atomic E-state index is -0.271. The normalized spacial score (nSPS) is 22.1. The summed E-state index contributed by atoms with van der Waals surface area (Å²) in [6, 6.07) is 2.19. The van der Waals surface area contributed by atoms with Crippen LogP contribution < -0.4 is 16.4 Å². The Labute approximate surface area is 106 Å². The lowest BCUT2D eigenvalue weighted by Crippen LogP contribution is -2.49. The van der Waals surface area contributed by atoms with E-state index in [0.29, 0.717) is 12.5 Å². The van der Waals surface area contributed by atoms with Gasteiger partial charge in [0.2, 0.25) is 5.91 Å².